The standard InChI is InChI=1S/C10H13FN2O4S/c1-13(2)10(14)6-4-7(11)9(17-3)8(5-6)18(12,15)16/h4-5H,1-3H3,(H2,12,15,16). The molecular formula is C10H13FN2O4S. The Morgan fingerprint density at radius 2 is 1.94 bits per heavy atom. The van der Waals surface area contributed by atoms with Crippen LogP contribution in [0.1, 0.15) is 10.4 Å². The predicted molar refractivity (Wildman–Crippen MR) is 62.3 cm³/mol. The molecule has 0 spiro atoms. The summed E-state index contributed by atoms with van der Waals surface area (Å²) in [5.74, 6) is -2.01. The first-order valence-corrected chi connectivity index (χ1v) is 6.35. The highest BCUT2D eigenvalue weighted by Crippen LogP contribution is 2.28. The van der Waals surface area contributed by atoms with E-state index in [1.54, 1.807) is 0 Å². The Morgan fingerprint density at radius 3 is 2.33 bits per heavy atom. The number of nitrogens with two attached hydrogens (primary N) is 1. The SMILES string of the molecule is COc1c(F)cc(C(=O)N(C)C)cc1S(N)(=O)=O. The van der Waals surface area contributed by atoms with Crippen LogP contribution in [0.4, 0.5) is 4.39 Å². The van der Waals surface area contributed by atoms with Gasteiger partial charge in [-0.2, -0.15) is 0 Å². The van der Waals surface area contributed by atoms with Gasteiger partial charge in [-0.3, -0.25) is 4.79 Å². The molecule has 0 aromatic heterocycles. The maximum absolute atomic E-state index is 13.6. The molecule has 1 aromatic rings. The molecule has 0 unspecified atom stereocenters. The summed E-state index contributed by atoms with van der Waals surface area (Å²) in [6, 6.07) is 1.88. The van der Waals surface area contributed by atoms with Gasteiger partial charge in [0.2, 0.25) is 10.0 Å². The van der Waals surface area contributed by atoms with Gasteiger partial charge in [0, 0.05) is 19.7 Å². The lowest BCUT2D eigenvalue weighted by molar-refractivity contribution is 0.0826. The van der Waals surface area contributed by atoms with Gasteiger partial charge in [0.15, 0.2) is 11.6 Å². The van der Waals surface area contributed by atoms with E-state index in [1.807, 2.05) is 0 Å². The molecule has 0 aliphatic heterocycles. The van der Waals surface area contributed by atoms with Gasteiger partial charge in [-0.1, -0.05) is 0 Å². The normalized spacial score (nSPS) is 11.2. The summed E-state index contributed by atoms with van der Waals surface area (Å²) >= 11 is 0. The number of methoxy groups -OCH3 is 1. The van der Waals surface area contributed by atoms with E-state index in [1.165, 1.54) is 19.0 Å². The number of amides is 1. The summed E-state index contributed by atoms with van der Waals surface area (Å²) in [6.45, 7) is 0. The van der Waals surface area contributed by atoms with Gasteiger partial charge in [0.05, 0.1) is 7.11 Å². The summed E-state index contributed by atoms with van der Waals surface area (Å²) in [6.07, 6.45) is 0. The van der Waals surface area contributed by atoms with Gasteiger partial charge in [-0.15, -0.1) is 0 Å². The summed E-state index contributed by atoms with van der Waals surface area (Å²) in [4.78, 5) is 12.3. The molecule has 1 aromatic carbocycles. The molecule has 18 heavy (non-hydrogen) atoms. The summed E-state index contributed by atoms with van der Waals surface area (Å²) < 4.78 is 40.9. The summed E-state index contributed by atoms with van der Waals surface area (Å²) in [5, 5.41) is 4.95. The van der Waals surface area contributed by atoms with Gasteiger partial charge in [-0.25, -0.2) is 17.9 Å². The van der Waals surface area contributed by atoms with Crippen LogP contribution in [0.3, 0.4) is 0 Å². The number of carbonyl (C=O) groups is 1. The molecule has 1 rings (SSSR count). The molecule has 2 N–H and O–H groups in total. The topological polar surface area (TPSA) is 89.7 Å². The number of carbonyl (C=O) groups excluding carboxylic acids is 1. The molecule has 100 valence electrons. The molecule has 0 fully saturated rings. The first-order chi connectivity index (χ1) is 8.18. The van der Waals surface area contributed by atoms with Crippen LogP contribution in [0.5, 0.6) is 5.75 Å². The molecule has 0 saturated carbocycles. The fourth-order valence-electron chi connectivity index (χ4n) is 1.36. The lowest BCUT2D eigenvalue weighted by Gasteiger charge is -2.13. The number of ether oxygens (including phenoxy) is 1. The largest absolute Gasteiger partial charge is 0.492 e. The van der Waals surface area contributed by atoms with Crippen molar-refractivity contribution in [2.24, 2.45) is 5.14 Å². The number of sulfonamides is 1. The number of primary sulfonamides is 1. The lowest BCUT2D eigenvalue weighted by Crippen LogP contribution is -2.23. The van der Waals surface area contributed by atoms with Crippen molar-refractivity contribution in [1.29, 1.82) is 0 Å². The van der Waals surface area contributed by atoms with Crippen molar-refractivity contribution < 1.29 is 22.3 Å². The minimum atomic E-state index is -4.19. The second-order valence-electron chi connectivity index (χ2n) is 3.73. The molecule has 0 aliphatic carbocycles. The number of hydrogen-bond donors (Lipinski definition) is 1. The molecule has 0 heterocycles. The maximum Gasteiger partial charge on any atom is 0.253 e. The average molecular weight is 276 g/mol. The first kappa shape index (κ1) is 14.4. The third-order valence-electron chi connectivity index (χ3n) is 2.17. The van der Waals surface area contributed by atoms with E-state index in [0.717, 1.165) is 19.2 Å². The zero-order valence-electron chi connectivity index (χ0n) is 10.1. The monoisotopic (exact) mass is 276 g/mol. The average Bonchev–Trinajstić information content (AvgIpc) is 2.25. The third-order valence-corrected chi connectivity index (χ3v) is 3.09. The first-order valence-electron chi connectivity index (χ1n) is 4.80. The Morgan fingerprint density at radius 1 is 1.39 bits per heavy atom. The van der Waals surface area contributed by atoms with Crippen LogP contribution in [0.2, 0.25) is 0 Å². The zero-order valence-corrected chi connectivity index (χ0v) is 10.9. The number of rotatable bonds is 3. The Bertz CT molecular complexity index is 584. The van der Waals surface area contributed by atoms with Crippen LogP contribution in [0.25, 0.3) is 0 Å². The number of hydrogen-bond acceptors (Lipinski definition) is 4. The molecular weight excluding hydrogens is 263 g/mol. The molecule has 0 radical (unpaired) electrons. The van der Waals surface area contributed by atoms with E-state index >= 15 is 0 Å². The highest BCUT2D eigenvalue weighted by molar-refractivity contribution is 7.89. The summed E-state index contributed by atoms with van der Waals surface area (Å²) in [5.41, 5.74) is -0.123. The van der Waals surface area contributed by atoms with E-state index in [0.29, 0.717) is 0 Å². The predicted octanol–water partition coefficient (Wildman–Crippen LogP) is 0.184. The van der Waals surface area contributed by atoms with Crippen molar-refractivity contribution >= 4 is 15.9 Å². The van der Waals surface area contributed by atoms with E-state index in [-0.39, 0.29) is 5.56 Å². The number of nitrogens with zero attached hydrogens (tertiary/aromatic N) is 1. The number of benzene rings is 1. The quantitative estimate of drug-likeness (QED) is 0.853. The van der Waals surface area contributed by atoms with E-state index in [9.17, 15) is 17.6 Å². The fourth-order valence-corrected chi connectivity index (χ4v) is 2.09. The minimum absolute atomic E-state index is 0.123. The molecule has 6 nitrogen and oxygen atoms in total. The minimum Gasteiger partial charge on any atom is -0.492 e. The van der Waals surface area contributed by atoms with E-state index < -0.39 is 32.4 Å². The number of halogens is 1. The van der Waals surface area contributed by atoms with Crippen molar-refractivity contribution in [3.63, 3.8) is 0 Å². The van der Waals surface area contributed by atoms with Crippen molar-refractivity contribution in [2.75, 3.05) is 21.2 Å². The van der Waals surface area contributed by atoms with E-state index in [2.05, 4.69) is 4.74 Å². The Balaban J connectivity index is 3.55. The molecule has 0 saturated heterocycles. The van der Waals surface area contributed by atoms with Crippen molar-refractivity contribution in [3.05, 3.63) is 23.5 Å². The summed E-state index contributed by atoms with van der Waals surface area (Å²) in [7, 11) is -0.155. The van der Waals surface area contributed by atoms with Crippen molar-refractivity contribution in [1.82, 2.24) is 4.90 Å². The van der Waals surface area contributed by atoms with Crippen LogP contribution >= 0.6 is 0 Å². The van der Waals surface area contributed by atoms with Crippen molar-refractivity contribution in [2.45, 2.75) is 4.90 Å². The molecule has 8 heteroatoms. The van der Waals surface area contributed by atoms with Crippen LogP contribution < -0.4 is 9.88 Å². The zero-order chi connectivity index (χ0) is 14.1. The molecule has 0 aliphatic rings. The van der Waals surface area contributed by atoms with Crippen LogP contribution in [-0.2, 0) is 10.0 Å². The molecule has 1 amide bonds. The highest BCUT2D eigenvalue weighted by Gasteiger charge is 2.22. The smallest absolute Gasteiger partial charge is 0.253 e. The van der Waals surface area contributed by atoms with E-state index in [4.69, 9.17) is 5.14 Å². The van der Waals surface area contributed by atoms with Crippen molar-refractivity contribution in [3.8, 4) is 5.75 Å². The Kier molecular flexibility index (Phi) is 3.92. The second-order valence-corrected chi connectivity index (χ2v) is 5.26. The van der Waals surface area contributed by atoms with Gasteiger partial charge in [0.25, 0.3) is 5.91 Å². The Labute approximate surface area is 104 Å². The van der Waals surface area contributed by atoms with Crippen LogP contribution in [0, 0.1) is 5.82 Å². The van der Waals surface area contributed by atoms with Gasteiger partial charge in [-0.05, 0) is 12.1 Å². The highest BCUT2D eigenvalue weighted by atomic mass is 32.2. The third kappa shape index (κ3) is 2.77. The Hall–Kier alpha value is -1.67. The van der Waals surface area contributed by atoms with Gasteiger partial charge >= 0.3 is 0 Å². The fraction of sp³-hybridized carbons (Fsp3) is 0.300. The van der Waals surface area contributed by atoms with Crippen LogP contribution in [-0.4, -0.2) is 40.4 Å². The maximum atomic E-state index is 13.6. The van der Waals surface area contributed by atoms with Gasteiger partial charge < -0.3 is 9.64 Å². The lowest BCUT2D eigenvalue weighted by atomic mass is 10.2. The second kappa shape index (κ2) is 4.91. The molecule has 0 atom stereocenters. The van der Waals surface area contributed by atoms with Crippen LogP contribution in [0.15, 0.2) is 17.0 Å². The van der Waals surface area contributed by atoms with Gasteiger partial charge in [0.1, 0.15) is 4.90 Å². The molecule has 0 bridgehead atoms.